The minimum Gasteiger partial charge on any atom is -0.502 e. The molecule has 0 radical (unpaired) electrons. The fraction of sp³-hybridized carbons (Fsp3) is 0.267. The van der Waals surface area contributed by atoms with E-state index in [1.807, 2.05) is 24.3 Å². The molecule has 0 fully saturated rings. The van der Waals surface area contributed by atoms with E-state index < -0.39 is 0 Å². The van der Waals surface area contributed by atoms with Crippen molar-refractivity contribution in [3.05, 3.63) is 47.8 Å². The summed E-state index contributed by atoms with van der Waals surface area (Å²) in [6, 6.07) is 7.65. The predicted octanol–water partition coefficient (Wildman–Crippen LogP) is 2.59. The maximum Gasteiger partial charge on any atom is 0.200 e. The van der Waals surface area contributed by atoms with Crippen LogP contribution in [0.25, 0.3) is 0 Å². The first-order valence-electron chi connectivity index (χ1n) is 6.07. The number of nitrogens with zero attached hydrogens (tertiary/aromatic N) is 1. The number of aromatic nitrogens is 1. The van der Waals surface area contributed by atoms with E-state index >= 15 is 0 Å². The normalized spacial score (nSPS) is 10.2. The Balaban J connectivity index is 2.16. The molecular weight excluding hydrogens is 242 g/mol. The van der Waals surface area contributed by atoms with Gasteiger partial charge in [-0.2, -0.15) is 0 Å². The summed E-state index contributed by atoms with van der Waals surface area (Å²) in [5.74, 6) is 0.908. The number of aryl methyl sites for hydroxylation is 2. The van der Waals surface area contributed by atoms with Crippen molar-refractivity contribution in [1.82, 2.24) is 4.98 Å². The first-order chi connectivity index (χ1) is 9.24. The van der Waals surface area contributed by atoms with Gasteiger partial charge in [-0.15, -0.1) is 0 Å². The van der Waals surface area contributed by atoms with E-state index in [-0.39, 0.29) is 5.75 Å². The quantitative estimate of drug-likeness (QED) is 0.896. The van der Waals surface area contributed by atoms with Gasteiger partial charge in [0.25, 0.3) is 0 Å². The second-order valence-corrected chi connectivity index (χ2v) is 4.20. The van der Waals surface area contributed by atoms with E-state index in [0.29, 0.717) is 11.5 Å². The first-order valence-corrected chi connectivity index (χ1v) is 6.07. The number of rotatable bonds is 5. The van der Waals surface area contributed by atoms with Crippen molar-refractivity contribution in [3.63, 3.8) is 0 Å². The van der Waals surface area contributed by atoms with Gasteiger partial charge in [0, 0.05) is 12.4 Å². The van der Waals surface area contributed by atoms with Gasteiger partial charge < -0.3 is 14.6 Å². The Morgan fingerprint density at radius 1 is 0.947 bits per heavy atom. The Bertz CT molecular complexity index is 515. The molecule has 0 unspecified atom stereocenters. The third kappa shape index (κ3) is 3.16. The van der Waals surface area contributed by atoms with E-state index in [4.69, 9.17) is 9.47 Å². The Hall–Kier alpha value is -2.23. The maximum atomic E-state index is 9.84. The largest absolute Gasteiger partial charge is 0.502 e. The molecule has 19 heavy (non-hydrogen) atoms. The van der Waals surface area contributed by atoms with E-state index in [1.165, 1.54) is 19.8 Å². The fourth-order valence-electron chi connectivity index (χ4n) is 1.93. The molecule has 0 saturated heterocycles. The van der Waals surface area contributed by atoms with Gasteiger partial charge in [-0.1, -0.05) is 0 Å². The zero-order chi connectivity index (χ0) is 13.7. The molecule has 0 aliphatic carbocycles. The zero-order valence-electron chi connectivity index (χ0n) is 11.1. The number of aromatic hydroxyl groups is 1. The van der Waals surface area contributed by atoms with E-state index in [1.54, 1.807) is 12.4 Å². The van der Waals surface area contributed by atoms with Crippen molar-refractivity contribution < 1.29 is 14.6 Å². The maximum absolute atomic E-state index is 9.84. The van der Waals surface area contributed by atoms with Gasteiger partial charge in [-0.3, -0.25) is 4.98 Å². The van der Waals surface area contributed by atoms with Gasteiger partial charge in [-0.25, -0.2) is 0 Å². The van der Waals surface area contributed by atoms with Crippen LogP contribution in [-0.2, 0) is 12.8 Å². The van der Waals surface area contributed by atoms with Crippen LogP contribution in [-0.4, -0.2) is 24.3 Å². The lowest BCUT2D eigenvalue weighted by Crippen LogP contribution is -1.95. The second-order valence-electron chi connectivity index (χ2n) is 4.20. The van der Waals surface area contributed by atoms with Crippen LogP contribution in [0.3, 0.4) is 0 Å². The average molecular weight is 259 g/mol. The van der Waals surface area contributed by atoms with Crippen molar-refractivity contribution in [2.75, 3.05) is 14.2 Å². The van der Waals surface area contributed by atoms with Crippen LogP contribution in [0.4, 0.5) is 0 Å². The van der Waals surface area contributed by atoms with Crippen molar-refractivity contribution in [3.8, 4) is 17.2 Å². The van der Waals surface area contributed by atoms with Crippen LogP contribution in [0.1, 0.15) is 11.1 Å². The highest BCUT2D eigenvalue weighted by Gasteiger charge is 2.11. The summed E-state index contributed by atoms with van der Waals surface area (Å²) in [6.45, 7) is 0. The molecule has 1 aromatic heterocycles. The Morgan fingerprint density at radius 2 is 1.47 bits per heavy atom. The highest BCUT2D eigenvalue weighted by Crippen LogP contribution is 2.37. The number of ether oxygens (including phenoxy) is 2. The molecule has 4 nitrogen and oxygen atoms in total. The number of phenols is 1. The molecule has 1 N–H and O–H groups in total. The van der Waals surface area contributed by atoms with Crippen LogP contribution >= 0.6 is 0 Å². The Labute approximate surface area is 112 Å². The molecule has 0 aliphatic rings. The predicted molar refractivity (Wildman–Crippen MR) is 72.9 cm³/mol. The smallest absolute Gasteiger partial charge is 0.200 e. The summed E-state index contributed by atoms with van der Waals surface area (Å²) in [5, 5.41) is 9.84. The zero-order valence-corrected chi connectivity index (χ0v) is 11.1. The third-order valence-corrected chi connectivity index (χ3v) is 2.99. The van der Waals surface area contributed by atoms with Gasteiger partial charge in [0.1, 0.15) is 0 Å². The van der Waals surface area contributed by atoms with Crippen LogP contribution in [0.2, 0.25) is 0 Å². The molecule has 4 heteroatoms. The molecule has 2 aromatic rings. The molecule has 1 aromatic carbocycles. The lowest BCUT2D eigenvalue weighted by molar-refractivity contribution is 0.339. The third-order valence-electron chi connectivity index (χ3n) is 2.99. The molecule has 1 heterocycles. The number of pyridine rings is 1. The fourth-order valence-corrected chi connectivity index (χ4v) is 1.93. The SMILES string of the molecule is COc1cc(CCc2ccncc2)cc(OC)c1O. The van der Waals surface area contributed by atoms with Crippen LogP contribution in [0.15, 0.2) is 36.7 Å². The second kappa shape index (κ2) is 6.09. The number of hydrogen-bond acceptors (Lipinski definition) is 4. The van der Waals surface area contributed by atoms with Crippen LogP contribution in [0, 0.1) is 0 Å². The number of hydrogen-bond donors (Lipinski definition) is 1. The highest BCUT2D eigenvalue weighted by molar-refractivity contribution is 5.52. The monoisotopic (exact) mass is 259 g/mol. The molecule has 0 spiro atoms. The molecule has 0 amide bonds. The lowest BCUT2D eigenvalue weighted by atomic mass is 10.0. The summed E-state index contributed by atoms with van der Waals surface area (Å²) in [4.78, 5) is 3.99. The summed E-state index contributed by atoms with van der Waals surface area (Å²) < 4.78 is 10.3. The van der Waals surface area contributed by atoms with Crippen molar-refractivity contribution >= 4 is 0 Å². The standard InChI is InChI=1S/C15H17NO3/c1-18-13-9-12(10-14(19-2)15(13)17)4-3-11-5-7-16-8-6-11/h5-10,17H,3-4H2,1-2H3. The van der Waals surface area contributed by atoms with Crippen molar-refractivity contribution in [2.45, 2.75) is 12.8 Å². The topological polar surface area (TPSA) is 51.6 Å². The van der Waals surface area contributed by atoms with Gasteiger partial charge in [0.2, 0.25) is 5.75 Å². The molecule has 0 atom stereocenters. The Morgan fingerprint density at radius 3 is 2.00 bits per heavy atom. The molecule has 100 valence electrons. The van der Waals surface area contributed by atoms with Crippen LogP contribution in [0.5, 0.6) is 17.2 Å². The number of benzene rings is 1. The summed E-state index contributed by atoms with van der Waals surface area (Å²) in [6.07, 6.45) is 5.32. The molecule has 0 aliphatic heterocycles. The Kier molecular flexibility index (Phi) is 4.23. The van der Waals surface area contributed by atoms with Crippen molar-refractivity contribution in [2.24, 2.45) is 0 Å². The molecule has 2 rings (SSSR count). The van der Waals surface area contributed by atoms with Gasteiger partial charge in [0.15, 0.2) is 11.5 Å². The molecular formula is C15H17NO3. The highest BCUT2D eigenvalue weighted by atomic mass is 16.5. The lowest BCUT2D eigenvalue weighted by Gasteiger charge is -2.11. The van der Waals surface area contributed by atoms with E-state index in [9.17, 15) is 5.11 Å². The first kappa shape index (κ1) is 13.2. The van der Waals surface area contributed by atoms with Gasteiger partial charge in [0.05, 0.1) is 14.2 Å². The summed E-state index contributed by atoms with van der Waals surface area (Å²) in [7, 11) is 3.06. The molecule has 0 saturated carbocycles. The van der Waals surface area contributed by atoms with E-state index in [0.717, 1.165) is 18.4 Å². The minimum absolute atomic E-state index is 0.0395. The number of methoxy groups -OCH3 is 2. The van der Waals surface area contributed by atoms with Gasteiger partial charge in [-0.05, 0) is 48.2 Å². The number of phenolic OH excluding ortho intramolecular Hbond substituents is 1. The van der Waals surface area contributed by atoms with E-state index in [2.05, 4.69) is 4.98 Å². The van der Waals surface area contributed by atoms with Crippen LogP contribution < -0.4 is 9.47 Å². The van der Waals surface area contributed by atoms with Crippen molar-refractivity contribution in [1.29, 1.82) is 0 Å². The van der Waals surface area contributed by atoms with Gasteiger partial charge >= 0.3 is 0 Å². The average Bonchev–Trinajstić information content (AvgIpc) is 2.47. The minimum atomic E-state index is 0.0395. The summed E-state index contributed by atoms with van der Waals surface area (Å²) >= 11 is 0. The summed E-state index contributed by atoms with van der Waals surface area (Å²) in [5.41, 5.74) is 2.28. The molecule has 0 bridgehead atoms.